The summed E-state index contributed by atoms with van der Waals surface area (Å²) in [6.07, 6.45) is -3.65. The van der Waals surface area contributed by atoms with E-state index < -0.39 is 133 Å². The molecule has 18 N–H and O–H groups in total. The zero-order chi connectivity index (χ0) is 111. The number of rotatable bonds is 30. The van der Waals surface area contributed by atoms with E-state index >= 15 is 0 Å². The predicted octanol–water partition coefficient (Wildman–Crippen LogP) is 23.4. The lowest BCUT2D eigenvalue weighted by molar-refractivity contribution is 0.0799. The molecule has 6 aromatic heterocycles. The molecule has 72 heteroatoms. The number of nitrogens with zero attached hydrogens (tertiary/aromatic N) is 12. The van der Waals surface area contributed by atoms with E-state index in [0.717, 1.165) is 50.3 Å². The van der Waals surface area contributed by atoms with E-state index in [1.54, 1.807) is 98.8 Å². The minimum absolute atomic E-state index is 0. The van der Waals surface area contributed by atoms with E-state index in [2.05, 4.69) is 281 Å². The van der Waals surface area contributed by atoms with Gasteiger partial charge in [-0.05, 0) is 360 Å². The molecule has 12 aromatic rings. The number of carbonyl (C=O) groups is 6. The van der Waals surface area contributed by atoms with Gasteiger partial charge in [0.2, 0.25) is 0 Å². The van der Waals surface area contributed by atoms with Gasteiger partial charge in [-0.15, -0.1) is 0 Å². The minimum Gasteiger partial charge on any atom is -0.319 e. The topological polar surface area (TPSA) is 682 Å². The molecule has 12 rings (SSSR count). The van der Waals surface area contributed by atoms with Crippen LogP contribution in [0.3, 0.4) is 0 Å². The van der Waals surface area contributed by atoms with Crippen LogP contribution in [0.1, 0.15) is 143 Å². The standard InChI is InChI=1S/2C13H13Br2ClN3O5P.C13H13Br2FN3O5P.2C12H11Br2ClN3O5P.C12H11Br2FN3O5P.CH4/c3*1-6-3-4-9(8(16)5-6)17-13(20)11-10(14)12(15)18-19(11)7(2)24-25(21,22)23;3*1-6-2-3-8(7(15)4-6)16-12(19)10-9(13)11(14)17-18(10)5-23-24(20,21)22;/h3*3-5,7H,1-2H3,(H,17,20)(H2,21,22,23);3*2-4H,5H2,1H3,(H,16,19)(H2,20,21,22);1H4. The van der Waals surface area contributed by atoms with Gasteiger partial charge in [-0.25, -0.2) is 64.3 Å². The second-order valence-electron chi connectivity index (χ2n) is 29.0. The fourth-order valence-corrected chi connectivity index (χ4v) is 19.6. The lowest BCUT2D eigenvalue weighted by atomic mass is 10.2. The zero-order valence-electron chi connectivity index (χ0n) is 74.8. The molecule has 0 fully saturated rings. The number of amides is 6. The van der Waals surface area contributed by atoms with Gasteiger partial charge in [-0.1, -0.05) is 90.2 Å². The third-order valence-electron chi connectivity index (χ3n) is 17.5. The second-order valence-corrected chi connectivity index (χ2v) is 47.2. The van der Waals surface area contributed by atoms with Gasteiger partial charge in [0, 0.05) is 0 Å². The smallest absolute Gasteiger partial charge is 0.319 e. The molecule has 0 aliphatic carbocycles. The van der Waals surface area contributed by atoms with Crippen molar-refractivity contribution in [1.29, 1.82) is 0 Å². The van der Waals surface area contributed by atoms with Gasteiger partial charge < -0.3 is 90.6 Å². The zero-order valence-corrected chi connectivity index (χ0v) is 102. The lowest BCUT2D eigenvalue weighted by Crippen LogP contribution is -2.22. The molecule has 0 saturated heterocycles. The van der Waals surface area contributed by atoms with Crippen molar-refractivity contribution in [1.82, 2.24) is 58.7 Å². The lowest BCUT2D eigenvalue weighted by Gasteiger charge is -2.17. The SMILES string of the molecule is C.Cc1ccc(NC(=O)c2c(Br)c(Br)nn2C(C)OP(=O)(O)O)c(Cl)c1.Cc1ccc(NC(=O)c2c(Br)c(Br)nn2C(C)OP(=O)(O)O)c(Cl)c1.Cc1ccc(NC(=O)c2c(Br)c(Br)nn2C(C)OP(=O)(O)O)c(F)c1.Cc1ccc(NC(=O)c2c(Br)c(Br)nn2COP(=O)(O)O)c(Cl)c1.Cc1ccc(NC(=O)c2c(Br)c(Br)nn2COP(=O)(O)O)c(Cl)c1.Cc1ccc(NC(=O)c2c(Br)c(Br)nn2COP(=O)(O)O)c(F)c1. The number of hydrogen-bond acceptors (Lipinski definition) is 24. The highest BCUT2D eigenvalue weighted by Gasteiger charge is 2.35. The molecule has 0 saturated carbocycles. The molecule has 3 atom stereocenters. The van der Waals surface area contributed by atoms with Crippen molar-refractivity contribution in [3.05, 3.63) is 263 Å². The Morgan fingerprint density at radius 3 is 0.649 bits per heavy atom. The fourth-order valence-electron chi connectivity index (χ4n) is 11.3. The highest BCUT2D eigenvalue weighted by molar-refractivity contribution is 9.14. The van der Waals surface area contributed by atoms with Gasteiger partial charge in [0.05, 0.1) is 81.1 Å². The Bertz CT molecular complexity index is 6630. The molecule has 806 valence electrons. The quantitative estimate of drug-likeness (QED) is 0.0186. The number of nitrogens with one attached hydrogen (secondary N) is 6. The average Bonchev–Trinajstić information content (AvgIpc) is 1.65. The van der Waals surface area contributed by atoms with E-state index in [0.29, 0.717) is 71.9 Å². The van der Waals surface area contributed by atoms with E-state index in [-0.39, 0.29) is 89.5 Å². The van der Waals surface area contributed by atoms with Crippen LogP contribution in [-0.2, 0) is 74.7 Å². The van der Waals surface area contributed by atoms with Gasteiger partial charge in [0.25, 0.3) is 35.4 Å². The summed E-state index contributed by atoms with van der Waals surface area (Å²) in [7, 11) is -28.5. The summed E-state index contributed by atoms with van der Waals surface area (Å²) in [5, 5.41) is 40.4. The van der Waals surface area contributed by atoms with Crippen LogP contribution in [0.4, 0.5) is 42.9 Å². The number of carbonyl (C=O) groups excluding carboxylic acids is 6. The molecule has 6 aromatic carbocycles. The number of phosphoric acid groups is 6. The van der Waals surface area contributed by atoms with Crippen molar-refractivity contribution in [3.63, 3.8) is 0 Å². The molecule has 0 radical (unpaired) electrons. The van der Waals surface area contributed by atoms with E-state index in [1.807, 2.05) is 27.7 Å². The van der Waals surface area contributed by atoms with Crippen LogP contribution >= 0.6 is 284 Å². The molecular weight excluding hydrogens is 2970 g/mol. The third-order valence-corrected chi connectivity index (χ3v) is 32.9. The minimum atomic E-state index is -4.81. The largest absolute Gasteiger partial charge is 0.471 e. The Hall–Kier alpha value is -5.16. The van der Waals surface area contributed by atoms with Gasteiger partial charge in [0.1, 0.15) is 73.4 Å². The number of halogens is 18. The molecule has 3 unspecified atom stereocenters. The van der Waals surface area contributed by atoms with Crippen molar-refractivity contribution >= 4 is 354 Å². The second kappa shape index (κ2) is 56.7. The van der Waals surface area contributed by atoms with Crippen LogP contribution in [0, 0.1) is 53.2 Å². The number of anilines is 6. The van der Waals surface area contributed by atoms with Crippen molar-refractivity contribution < 1.29 is 151 Å². The summed E-state index contributed by atoms with van der Waals surface area (Å²) in [6, 6.07) is 29.0. The number of benzene rings is 6. The van der Waals surface area contributed by atoms with Gasteiger partial charge >= 0.3 is 46.9 Å². The van der Waals surface area contributed by atoms with Crippen LogP contribution in [0.2, 0.25) is 20.1 Å². The summed E-state index contributed by atoms with van der Waals surface area (Å²) >= 11 is 62.3. The summed E-state index contributed by atoms with van der Waals surface area (Å²) in [5.41, 5.74) is 6.38. The van der Waals surface area contributed by atoms with Gasteiger partial charge in [-0.2, -0.15) is 30.6 Å². The first-order chi connectivity index (χ1) is 67.7. The van der Waals surface area contributed by atoms with Crippen molar-refractivity contribution in [2.24, 2.45) is 0 Å². The summed E-state index contributed by atoms with van der Waals surface area (Å²) in [6.45, 7) is 13.0. The van der Waals surface area contributed by atoms with Crippen LogP contribution in [0.25, 0.3) is 0 Å². The molecule has 6 heterocycles. The van der Waals surface area contributed by atoms with Crippen molar-refractivity contribution in [2.45, 2.75) is 109 Å². The summed E-state index contributed by atoms with van der Waals surface area (Å²) in [4.78, 5) is 182. The molecule has 0 bridgehead atoms. The van der Waals surface area contributed by atoms with E-state index in [4.69, 9.17) is 105 Å². The monoisotopic (exact) mass is 3030 g/mol. The third kappa shape index (κ3) is 40.2. The Morgan fingerprint density at radius 1 is 0.297 bits per heavy atom. The van der Waals surface area contributed by atoms with Gasteiger partial charge in [0.15, 0.2) is 38.9 Å². The van der Waals surface area contributed by atoms with Crippen LogP contribution in [0.5, 0.6) is 0 Å². The summed E-state index contributed by atoms with van der Waals surface area (Å²) in [5.74, 6) is -5.05. The van der Waals surface area contributed by atoms with Crippen molar-refractivity contribution in [2.75, 3.05) is 31.9 Å². The predicted molar refractivity (Wildman–Crippen MR) is 580 cm³/mol. The molecule has 0 aliphatic heterocycles. The molecule has 0 aliphatic rings. The Balaban J connectivity index is 0.000000271. The first kappa shape index (κ1) is 131. The first-order valence-corrected chi connectivity index (χ1v) is 59.3. The fraction of sp³-hybridized carbons (Fsp3) is 0.211. The highest BCUT2D eigenvalue weighted by Crippen LogP contribution is 2.47. The van der Waals surface area contributed by atoms with Crippen LogP contribution in [-0.4, -0.2) is 153 Å². The number of phosphoric ester groups is 6. The number of hydrogen-bond donors (Lipinski definition) is 18. The molecule has 6 amide bonds. The first-order valence-electron chi connectivity index (χ1n) is 39.1. The van der Waals surface area contributed by atoms with Gasteiger partial charge in [-0.3, -0.25) is 55.9 Å². The van der Waals surface area contributed by atoms with E-state index in [9.17, 15) is 64.9 Å². The van der Waals surface area contributed by atoms with Crippen molar-refractivity contribution in [3.8, 4) is 0 Å². The number of aryl methyl sites for hydroxylation is 6. The van der Waals surface area contributed by atoms with Crippen LogP contribution in [0.15, 0.2) is 164 Å². The molecule has 48 nitrogen and oxygen atoms in total. The highest BCUT2D eigenvalue weighted by atomic mass is 79.9. The maximum absolute atomic E-state index is 13.9. The molecule has 148 heavy (non-hydrogen) atoms. The molecular formula is C76H76Br12Cl4F2N18O30P6. The summed E-state index contributed by atoms with van der Waals surface area (Å²) < 4.78 is 129. The normalized spacial score (nSPS) is 12.2. The average molecular weight is 3050 g/mol. The Kier molecular flexibility index (Phi) is 50.3. The Morgan fingerprint density at radius 2 is 0.466 bits per heavy atom. The number of aromatic nitrogens is 12. The Labute approximate surface area is 956 Å². The molecule has 0 spiro atoms. The maximum Gasteiger partial charge on any atom is 0.471 e. The van der Waals surface area contributed by atoms with Crippen LogP contribution < -0.4 is 31.9 Å². The maximum atomic E-state index is 13.9. The van der Waals surface area contributed by atoms with E-state index in [1.165, 1.54) is 45.0 Å².